The lowest BCUT2D eigenvalue weighted by atomic mass is 9.75. The maximum atomic E-state index is 9.86. The molecule has 0 aromatic heterocycles. The minimum Gasteiger partial charge on any atom is -0.504 e. The number of piperidine rings is 1. The Morgan fingerprint density at radius 2 is 2.06 bits per heavy atom. The first-order valence-corrected chi connectivity index (χ1v) is 6.04. The number of nitrogens with one attached hydrogen (secondary N) is 1. The second kappa shape index (κ2) is 3.67. The zero-order valence-corrected chi connectivity index (χ0v) is 9.24. The van der Waals surface area contributed by atoms with E-state index in [0.717, 1.165) is 24.9 Å². The molecule has 0 saturated carbocycles. The lowest BCUT2D eigenvalue weighted by molar-refractivity contribution is 0.312. The van der Waals surface area contributed by atoms with Gasteiger partial charge in [0, 0.05) is 11.6 Å². The Kier molecular flexibility index (Phi) is 2.28. The molecule has 0 spiro atoms. The number of phenols is 2. The van der Waals surface area contributed by atoms with Gasteiger partial charge in [-0.05, 0) is 49.8 Å². The molecule has 1 aromatic rings. The van der Waals surface area contributed by atoms with Crippen LogP contribution in [-0.4, -0.2) is 22.8 Å². The first-order chi connectivity index (χ1) is 7.77. The molecule has 1 aliphatic carbocycles. The summed E-state index contributed by atoms with van der Waals surface area (Å²) in [6.07, 6.45) is 4.32. The van der Waals surface area contributed by atoms with Crippen molar-refractivity contribution in [3.05, 3.63) is 23.3 Å². The molecule has 3 nitrogen and oxygen atoms in total. The highest BCUT2D eigenvalue weighted by Gasteiger charge is 2.32. The summed E-state index contributed by atoms with van der Waals surface area (Å²) in [6, 6.07) is 4.16. The van der Waals surface area contributed by atoms with Crippen LogP contribution >= 0.6 is 0 Å². The number of benzene rings is 1. The fourth-order valence-electron chi connectivity index (χ4n) is 3.18. The van der Waals surface area contributed by atoms with Crippen LogP contribution in [0, 0.1) is 0 Å². The van der Waals surface area contributed by atoms with Gasteiger partial charge in [0.25, 0.3) is 0 Å². The highest BCUT2D eigenvalue weighted by Crippen LogP contribution is 2.43. The van der Waals surface area contributed by atoms with E-state index >= 15 is 0 Å². The van der Waals surface area contributed by atoms with E-state index in [0.29, 0.717) is 12.0 Å². The second-order valence-electron chi connectivity index (χ2n) is 4.85. The third-order valence-electron chi connectivity index (χ3n) is 3.99. The van der Waals surface area contributed by atoms with E-state index < -0.39 is 0 Å². The van der Waals surface area contributed by atoms with Crippen molar-refractivity contribution in [2.75, 3.05) is 6.54 Å². The van der Waals surface area contributed by atoms with Crippen molar-refractivity contribution >= 4 is 0 Å². The van der Waals surface area contributed by atoms with Gasteiger partial charge in [-0.3, -0.25) is 0 Å². The van der Waals surface area contributed by atoms with Gasteiger partial charge in [-0.1, -0.05) is 6.07 Å². The average molecular weight is 219 g/mol. The molecule has 2 atom stereocenters. The summed E-state index contributed by atoms with van der Waals surface area (Å²) in [5.74, 6) is 0.631. The third kappa shape index (κ3) is 1.39. The molecule has 3 N–H and O–H groups in total. The summed E-state index contributed by atoms with van der Waals surface area (Å²) in [5.41, 5.74) is 2.20. The molecule has 0 radical (unpaired) electrons. The number of phenolic OH excluding ortho intramolecular Hbond substituents is 2. The largest absolute Gasteiger partial charge is 0.504 e. The van der Waals surface area contributed by atoms with Crippen LogP contribution in [0.3, 0.4) is 0 Å². The quantitative estimate of drug-likeness (QED) is 0.584. The number of hydrogen-bond acceptors (Lipinski definition) is 3. The SMILES string of the molecule is Oc1ccc2c(c1O)CC[C@H]1NCCC[C@H]21. The minimum atomic E-state index is 0.0148. The molecule has 0 unspecified atom stereocenters. The Morgan fingerprint density at radius 1 is 1.19 bits per heavy atom. The van der Waals surface area contributed by atoms with Gasteiger partial charge in [0.2, 0.25) is 0 Å². The summed E-state index contributed by atoms with van der Waals surface area (Å²) in [6.45, 7) is 1.11. The fourth-order valence-corrected chi connectivity index (χ4v) is 3.18. The highest BCUT2D eigenvalue weighted by molar-refractivity contribution is 5.51. The lowest BCUT2D eigenvalue weighted by Crippen LogP contribution is -2.42. The zero-order valence-electron chi connectivity index (χ0n) is 9.24. The molecule has 3 rings (SSSR count). The van der Waals surface area contributed by atoms with Crippen molar-refractivity contribution in [3.63, 3.8) is 0 Å². The van der Waals surface area contributed by atoms with Gasteiger partial charge in [0.05, 0.1) is 0 Å². The van der Waals surface area contributed by atoms with Crippen molar-refractivity contribution < 1.29 is 10.2 Å². The molecule has 0 amide bonds. The minimum absolute atomic E-state index is 0.0148. The van der Waals surface area contributed by atoms with Gasteiger partial charge in [-0.25, -0.2) is 0 Å². The van der Waals surface area contributed by atoms with E-state index in [1.54, 1.807) is 6.07 Å². The molecule has 3 heteroatoms. The van der Waals surface area contributed by atoms with Gasteiger partial charge in [0.15, 0.2) is 11.5 Å². The lowest BCUT2D eigenvalue weighted by Gasteiger charge is -2.38. The van der Waals surface area contributed by atoms with Crippen molar-refractivity contribution in [1.29, 1.82) is 0 Å². The summed E-state index contributed by atoms with van der Waals surface area (Å²) >= 11 is 0. The highest BCUT2D eigenvalue weighted by atomic mass is 16.3. The van der Waals surface area contributed by atoms with Crippen LogP contribution in [0.2, 0.25) is 0 Å². The predicted octanol–water partition coefficient (Wildman–Crippen LogP) is 1.88. The van der Waals surface area contributed by atoms with E-state index in [9.17, 15) is 10.2 Å². The van der Waals surface area contributed by atoms with E-state index in [-0.39, 0.29) is 11.5 Å². The molecule has 1 saturated heterocycles. The van der Waals surface area contributed by atoms with Crippen molar-refractivity contribution in [2.45, 2.75) is 37.6 Å². The van der Waals surface area contributed by atoms with E-state index in [1.165, 1.54) is 18.4 Å². The smallest absolute Gasteiger partial charge is 0.160 e. The molecule has 86 valence electrons. The third-order valence-corrected chi connectivity index (χ3v) is 3.99. The first-order valence-electron chi connectivity index (χ1n) is 6.04. The summed E-state index contributed by atoms with van der Waals surface area (Å²) in [5, 5.41) is 22.9. The number of fused-ring (bicyclic) bond motifs is 3. The van der Waals surface area contributed by atoms with Gasteiger partial charge >= 0.3 is 0 Å². The Balaban J connectivity index is 2.05. The number of hydrogen-bond donors (Lipinski definition) is 3. The van der Waals surface area contributed by atoms with Crippen molar-refractivity contribution in [2.24, 2.45) is 0 Å². The maximum absolute atomic E-state index is 9.86. The summed E-state index contributed by atoms with van der Waals surface area (Å²) in [4.78, 5) is 0. The van der Waals surface area contributed by atoms with Crippen LogP contribution in [0.4, 0.5) is 0 Å². The van der Waals surface area contributed by atoms with E-state index in [4.69, 9.17) is 0 Å². The maximum Gasteiger partial charge on any atom is 0.160 e. The monoisotopic (exact) mass is 219 g/mol. The zero-order chi connectivity index (χ0) is 11.1. The van der Waals surface area contributed by atoms with Gasteiger partial charge in [-0.2, -0.15) is 0 Å². The number of rotatable bonds is 0. The average Bonchev–Trinajstić information content (AvgIpc) is 2.33. The summed E-state index contributed by atoms with van der Waals surface area (Å²) in [7, 11) is 0. The molecule has 1 heterocycles. The van der Waals surface area contributed by atoms with Gasteiger partial charge in [0.1, 0.15) is 0 Å². The van der Waals surface area contributed by atoms with Gasteiger partial charge in [-0.15, -0.1) is 0 Å². The molecular formula is C13H17NO2. The fraction of sp³-hybridized carbons (Fsp3) is 0.538. The molecule has 1 fully saturated rings. The molecule has 16 heavy (non-hydrogen) atoms. The Labute approximate surface area is 95.1 Å². The van der Waals surface area contributed by atoms with Crippen LogP contribution in [0.15, 0.2) is 12.1 Å². The molecule has 1 aromatic carbocycles. The molecule has 2 aliphatic rings. The first kappa shape index (κ1) is 9.97. The Bertz CT molecular complexity index is 417. The van der Waals surface area contributed by atoms with Crippen LogP contribution in [0.1, 0.15) is 36.3 Å². The van der Waals surface area contributed by atoms with E-state index in [1.807, 2.05) is 6.07 Å². The standard InChI is InChI=1S/C13H17NO2/c15-12-6-4-8-9-2-1-7-14-11(9)5-3-10(8)13(12)16/h4,6,9,11,14-16H,1-3,5,7H2/t9-,11-/m1/s1. The number of aromatic hydroxyl groups is 2. The van der Waals surface area contributed by atoms with Crippen molar-refractivity contribution in [1.82, 2.24) is 5.32 Å². The topological polar surface area (TPSA) is 52.5 Å². The van der Waals surface area contributed by atoms with Gasteiger partial charge < -0.3 is 15.5 Å². The van der Waals surface area contributed by atoms with Crippen LogP contribution in [-0.2, 0) is 6.42 Å². The predicted molar refractivity (Wildman–Crippen MR) is 61.9 cm³/mol. The second-order valence-corrected chi connectivity index (χ2v) is 4.85. The van der Waals surface area contributed by atoms with Crippen LogP contribution in [0.5, 0.6) is 11.5 Å². The molecule has 0 bridgehead atoms. The van der Waals surface area contributed by atoms with Crippen LogP contribution in [0.25, 0.3) is 0 Å². The van der Waals surface area contributed by atoms with Crippen LogP contribution < -0.4 is 5.32 Å². The molecular weight excluding hydrogens is 202 g/mol. The van der Waals surface area contributed by atoms with E-state index in [2.05, 4.69) is 5.32 Å². The van der Waals surface area contributed by atoms with Crippen molar-refractivity contribution in [3.8, 4) is 11.5 Å². The normalized spacial score (nSPS) is 28.2. The Hall–Kier alpha value is -1.22. The Morgan fingerprint density at radius 3 is 2.94 bits per heavy atom. The molecule has 1 aliphatic heterocycles. The summed E-state index contributed by atoms with van der Waals surface area (Å²) < 4.78 is 0.